The van der Waals surface area contributed by atoms with Gasteiger partial charge < -0.3 is 14.8 Å². The van der Waals surface area contributed by atoms with E-state index < -0.39 is 11.7 Å². The highest BCUT2D eigenvalue weighted by Crippen LogP contribution is 2.45. The summed E-state index contributed by atoms with van der Waals surface area (Å²) in [5.74, 6) is 0.139. The predicted molar refractivity (Wildman–Crippen MR) is 129 cm³/mol. The molecule has 0 saturated carbocycles. The lowest BCUT2D eigenvalue weighted by molar-refractivity contribution is 0.101. The summed E-state index contributed by atoms with van der Waals surface area (Å²) in [6.07, 6.45) is 0.422. The molecule has 0 aliphatic heterocycles. The van der Waals surface area contributed by atoms with Gasteiger partial charge in [0.2, 0.25) is 0 Å². The van der Waals surface area contributed by atoms with Gasteiger partial charge in [-0.1, -0.05) is 12.1 Å². The van der Waals surface area contributed by atoms with Crippen LogP contribution in [-0.2, 0) is 6.42 Å². The van der Waals surface area contributed by atoms with Gasteiger partial charge in [-0.2, -0.15) is 5.10 Å². The van der Waals surface area contributed by atoms with Crippen molar-refractivity contribution in [1.29, 1.82) is 0 Å². The first-order valence-corrected chi connectivity index (χ1v) is 11.0. The first-order chi connectivity index (χ1) is 16.9. The Kier molecular flexibility index (Phi) is 5.56. The minimum absolute atomic E-state index is 0.0621. The Balaban J connectivity index is 1.62. The molecule has 1 aliphatic rings. The largest absolute Gasteiger partial charge is 0.493 e. The molecule has 0 fully saturated rings. The molecule has 0 saturated heterocycles. The SMILES string of the molecule is COc1cc2c(cc1OC)-c1c(c(C(=O)Nc3ccc(C(C)=O)cc3)nn1-c1ccccc1F)C2. The van der Waals surface area contributed by atoms with Crippen LogP contribution in [0.2, 0.25) is 0 Å². The molecule has 7 nitrogen and oxygen atoms in total. The van der Waals surface area contributed by atoms with Gasteiger partial charge in [0.25, 0.3) is 5.91 Å². The topological polar surface area (TPSA) is 82.4 Å². The molecule has 3 aromatic carbocycles. The lowest BCUT2D eigenvalue weighted by Crippen LogP contribution is -2.15. The number of amides is 1. The van der Waals surface area contributed by atoms with Crippen LogP contribution in [0.3, 0.4) is 0 Å². The van der Waals surface area contributed by atoms with Crippen LogP contribution in [0.15, 0.2) is 60.7 Å². The van der Waals surface area contributed by atoms with Crippen molar-refractivity contribution in [3.05, 3.63) is 88.9 Å². The summed E-state index contributed by atoms with van der Waals surface area (Å²) >= 11 is 0. The summed E-state index contributed by atoms with van der Waals surface area (Å²) in [4.78, 5) is 24.9. The number of para-hydroxylation sites is 1. The number of aromatic nitrogens is 2. The Labute approximate surface area is 201 Å². The summed E-state index contributed by atoms with van der Waals surface area (Å²) in [5, 5.41) is 7.38. The standard InChI is InChI=1S/C27H22FN3O4/c1-15(32)16-8-10-18(11-9-16)29-27(33)25-20-12-17-13-23(34-2)24(35-3)14-19(17)26(20)31(30-25)22-7-5-4-6-21(22)28/h4-11,13-14H,12H2,1-3H3,(H,29,33). The van der Waals surface area contributed by atoms with E-state index in [2.05, 4.69) is 10.4 Å². The van der Waals surface area contributed by atoms with Gasteiger partial charge in [-0.15, -0.1) is 0 Å². The number of rotatable bonds is 6. The zero-order valence-corrected chi connectivity index (χ0v) is 19.4. The normalized spacial score (nSPS) is 11.5. The maximum Gasteiger partial charge on any atom is 0.276 e. The summed E-state index contributed by atoms with van der Waals surface area (Å²) in [5.41, 5.74) is 4.50. The van der Waals surface area contributed by atoms with Crippen molar-refractivity contribution in [3.63, 3.8) is 0 Å². The number of halogens is 1. The molecule has 0 spiro atoms. The Bertz CT molecular complexity index is 1470. The van der Waals surface area contributed by atoms with Crippen molar-refractivity contribution in [3.8, 4) is 28.4 Å². The zero-order chi connectivity index (χ0) is 24.7. The van der Waals surface area contributed by atoms with Gasteiger partial charge in [0.1, 0.15) is 11.5 Å². The average Bonchev–Trinajstić information content (AvgIpc) is 3.40. The second-order valence-corrected chi connectivity index (χ2v) is 8.17. The smallest absolute Gasteiger partial charge is 0.276 e. The fraction of sp³-hybridized carbons (Fsp3) is 0.148. The van der Waals surface area contributed by atoms with Gasteiger partial charge in [-0.05, 0) is 61.0 Å². The Morgan fingerprint density at radius 3 is 2.34 bits per heavy atom. The molecule has 0 unspecified atom stereocenters. The van der Waals surface area contributed by atoms with E-state index in [0.29, 0.717) is 40.4 Å². The number of Topliss-reactive ketones (excluding diaryl/α,β-unsaturated/α-hetero) is 1. The highest BCUT2D eigenvalue weighted by molar-refractivity contribution is 6.06. The lowest BCUT2D eigenvalue weighted by atomic mass is 10.1. The van der Waals surface area contributed by atoms with Crippen molar-refractivity contribution >= 4 is 17.4 Å². The van der Waals surface area contributed by atoms with Crippen LogP contribution < -0.4 is 14.8 Å². The van der Waals surface area contributed by atoms with Crippen molar-refractivity contribution in [1.82, 2.24) is 9.78 Å². The molecule has 0 bridgehead atoms. The van der Waals surface area contributed by atoms with E-state index in [0.717, 1.165) is 11.1 Å². The molecule has 1 heterocycles. The molecule has 5 rings (SSSR count). The monoisotopic (exact) mass is 471 g/mol. The van der Waals surface area contributed by atoms with Crippen molar-refractivity contribution in [2.75, 3.05) is 19.5 Å². The third kappa shape index (κ3) is 3.82. The first-order valence-electron chi connectivity index (χ1n) is 11.0. The fourth-order valence-electron chi connectivity index (χ4n) is 4.33. The maximum absolute atomic E-state index is 14.8. The Morgan fingerprint density at radius 2 is 1.69 bits per heavy atom. The van der Waals surface area contributed by atoms with Crippen LogP contribution in [0.5, 0.6) is 11.5 Å². The zero-order valence-electron chi connectivity index (χ0n) is 19.4. The number of ether oxygens (including phenoxy) is 2. The second-order valence-electron chi connectivity index (χ2n) is 8.17. The molecular formula is C27H22FN3O4. The molecule has 4 aromatic rings. The van der Waals surface area contributed by atoms with Crippen LogP contribution >= 0.6 is 0 Å². The highest BCUT2D eigenvalue weighted by Gasteiger charge is 2.33. The number of methoxy groups -OCH3 is 2. The number of ketones is 1. The maximum atomic E-state index is 14.8. The van der Waals surface area contributed by atoms with Gasteiger partial charge >= 0.3 is 0 Å². The quantitative estimate of drug-likeness (QED) is 0.350. The van der Waals surface area contributed by atoms with Crippen molar-refractivity contribution in [2.24, 2.45) is 0 Å². The number of anilines is 1. The van der Waals surface area contributed by atoms with E-state index in [1.165, 1.54) is 17.7 Å². The van der Waals surface area contributed by atoms with E-state index in [1.54, 1.807) is 56.7 Å². The summed E-state index contributed by atoms with van der Waals surface area (Å²) < 4.78 is 27.2. The molecular weight excluding hydrogens is 449 g/mol. The molecule has 1 amide bonds. The Morgan fingerprint density at radius 1 is 1.00 bits per heavy atom. The molecule has 1 aromatic heterocycles. The van der Waals surface area contributed by atoms with E-state index in [4.69, 9.17) is 9.47 Å². The first kappa shape index (κ1) is 22.3. The highest BCUT2D eigenvalue weighted by atomic mass is 19.1. The van der Waals surface area contributed by atoms with Gasteiger partial charge in [-0.3, -0.25) is 9.59 Å². The van der Waals surface area contributed by atoms with Gasteiger partial charge in [0.05, 0.1) is 19.9 Å². The summed E-state index contributed by atoms with van der Waals surface area (Å²) in [7, 11) is 3.11. The van der Waals surface area contributed by atoms with Gasteiger partial charge in [-0.25, -0.2) is 9.07 Å². The van der Waals surface area contributed by atoms with Crippen LogP contribution in [0.4, 0.5) is 10.1 Å². The molecule has 176 valence electrons. The number of carbonyl (C=O) groups is 2. The molecule has 1 aliphatic carbocycles. The number of nitrogens with one attached hydrogen (secondary N) is 1. The minimum atomic E-state index is -0.460. The van der Waals surface area contributed by atoms with E-state index in [9.17, 15) is 14.0 Å². The van der Waals surface area contributed by atoms with Gasteiger partial charge in [0.15, 0.2) is 23.0 Å². The molecule has 35 heavy (non-hydrogen) atoms. The van der Waals surface area contributed by atoms with Crippen LogP contribution in [0.1, 0.15) is 38.9 Å². The van der Waals surface area contributed by atoms with Crippen LogP contribution in [0, 0.1) is 5.82 Å². The molecule has 0 atom stereocenters. The molecule has 0 radical (unpaired) electrons. The number of hydrogen-bond acceptors (Lipinski definition) is 5. The number of carbonyl (C=O) groups excluding carboxylic acids is 2. The number of hydrogen-bond donors (Lipinski definition) is 1. The number of nitrogens with zero attached hydrogens (tertiary/aromatic N) is 2. The molecule has 8 heteroatoms. The van der Waals surface area contributed by atoms with Crippen LogP contribution in [0.25, 0.3) is 16.9 Å². The van der Waals surface area contributed by atoms with Gasteiger partial charge in [0, 0.05) is 28.8 Å². The number of fused-ring (bicyclic) bond motifs is 3. The lowest BCUT2D eigenvalue weighted by Gasteiger charge is -2.12. The third-order valence-corrected chi connectivity index (χ3v) is 6.06. The van der Waals surface area contributed by atoms with Crippen LogP contribution in [-0.4, -0.2) is 35.7 Å². The van der Waals surface area contributed by atoms with E-state index in [1.807, 2.05) is 12.1 Å². The molecule has 1 N–H and O–H groups in total. The summed E-state index contributed by atoms with van der Waals surface area (Å²) in [6.45, 7) is 1.48. The average molecular weight is 471 g/mol. The Hall–Kier alpha value is -4.46. The predicted octanol–water partition coefficient (Wildman–Crippen LogP) is 5.05. The van der Waals surface area contributed by atoms with E-state index in [-0.39, 0.29) is 17.2 Å². The fourth-order valence-corrected chi connectivity index (χ4v) is 4.33. The van der Waals surface area contributed by atoms with E-state index >= 15 is 0 Å². The summed E-state index contributed by atoms with van der Waals surface area (Å²) in [6, 6.07) is 16.6. The van der Waals surface area contributed by atoms with Crippen molar-refractivity contribution < 1.29 is 23.5 Å². The third-order valence-electron chi connectivity index (χ3n) is 6.06. The second kappa shape index (κ2) is 8.72. The number of benzene rings is 3. The van der Waals surface area contributed by atoms with Crippen molar-refractivity contribution in [2.45, 2.75) is 13.3 Å². The minimum Gasteiger partial charge on any atom is -0.493 e.